The minimum atomic E-state index is 0.505. The quantitative estimate of drug-likeness (QED) is 0.590. The van der Waals surface area contributed by atoms with Crippen molar-refractivity contribution in [1.29, 1.82) is 0 Å². The van der Waals surface area contributed by atoms with Crippen LogP contribution in [0.4, 0.5) is 0 Å². The van der Waals surface area contributed by atoms with Crippen LogP contribution in [0.2, 0.25) is 0 Å². The Labute approximate surface area is 115 Å². The van der Waals surface area contributed by atoms with E-state index in [0.29, 0.717) is 5.92 Å². The summed E-state index contributed by atoms with van der Waals surface area (Å²) in [6.45, 7) is 1.63. The molecule has 1 saturated heterocycles. The van der Waals surface area contributed by atoms with Crippen molar-refractivity contribution < 1.29 is 4.74 Å². The van der Waals surface area contributed by atoms with Crippen molar-refractivity contribution in [3.63, 3.8) is 0 Å². The Morgan fingerprint density at radius 2 is 2.11 bits per heavy atom. The molecular weight excluding hydrogens is 294 g/mol. The van der Waals surface area contributed by atoms with Gasteiger partial charge in [-0.3, -0.25) is 5.84 Å². The monoisotopic (exact) mass is 311 g/mol. The van der Waals surface area contributed by atoms with Crippen LogP contribution >= 0.6 is 15.9 Å². The number of halogens is 1. The highest BCUT2D eigenvalue weighted by Gasteiger charge is 2.20. The Balaban J connectivity index is 2.39. The molecule has 4 nitrogen and oxygen atoms in total. The predicted molar refractivity (Wildman–Crippen MR) is 76.4 cm³/mol. The summed E-state index contributed by atoms with van der Waals surface area (Å²) < 4.78 is 6.43. The van der Waals surface area contributed by atoms with Gasteiger partial charge in [0.2, 0.25) is 0 Å². The molecule has 0 radical (unpaired) electrons. The molecule has 0 atom stereocenters. The Hall–Kier alpha value is -1.04. The summed E-state index contributed by atoms with van der Waals surface area (Å²) in [5, 5.41) is 0. The van der Waals surface area contributed by atoms with Crippen LogP contribution < -0.4 is 17.0 Å². The van der Waals surface area contributed by atoms with Crippen LogP contribution in [-0.2, 0) is 4.74 Å². The van der Waals surface area contributed by atoms with Gasteiger partial charge in [-0.2, -0.15) is 0 Å². The lowest BCUT2D eigenvalue weighted by molar-refractivity contribution is 0.0853. The maximum Gasteiger partial charge on any atom is 0.0716 e. The fourth-order valence-corrected chi connectivity index (χ4v) is 2.70. The second-order valence-corrected chi connectivity index (χ2v) is 5.26. The van der Waals surface area contributed by atoms with E-state index in [2.05, 4.69) is 33.5 Å². The molecule has 18 heavy (non-hydrogen) atoms. The van der Waals surface area contributed by atoms with Crippen molar-refractivity contribution in [1.82, 2.24) is 5.43 Å². The number of hydrogen-bond acceptors (Lipinski definition) is 4. The first-order valence-electron chi connectivity index (χ1n) is 6.02. The van der Waals surface area contributed by atoms with Gasteiger partial charge in [-0.1, -0.05) is 22.0 Å². The first-order chi connectivity index (χ1) is 8.76. The molecule has 1 fully saturated rings. The van der Waals surface area contributed by atoms with Crippen molar-refractivity contribution >= 4 is 21.6 Å². The number of hydrazine groups is 1. The molecule has 1 aromatic rings. The summed E-state index contributed by atoms with van der Waals surface area (Å²) in [6.07, 6.45) is 3.58. The number of hydrogen-bond donors (Lipinski definition) is 3. The van der Waals surface area contributed by atoms with Gasteiger partial charge in [-0.05, 0) is 36.5 Å². The fraction of sp³-hybridized carbons (Fsp3) is 0.385. The van der Waals surface area contributed by atoms with Gasteiger partial charge in [0.1, 0.15) is 0 Å². The number of benzene rings is 1. The summed E-state index contributed by atoms with van der Waals surface area (Å²) in [7, 11) is 0. The molecule has 1 aliphatic heterocycles. The molecule has 0 unspecified atom stereocenters. The minimum absolute atomic E-state index is 0.505. The minimum Gasteiger partial charge on any atom is -0.403 e. The summed E-state index contributed by atoms with van der Waals surface area (Å²) in [5.74, 6) is 6.03. The van der Waals surface area contributed by atoms with Gasteiger partial charge >= 0.3 is 0 Å². The second kappa shape index (κ2) is 6.22. The number of nitrogens with one attached hydrogen (secondary N) is 1. The molecule has 1 aliphatic rings. The van der Waals surface area contributed by atoms with Gasteiger partial charge in [0.15, 0.2) is 0 Å². The Morgan fingerprint density at radius 1 is 1.39 bits per heavy atom. The van der Waals surface area contributed by atoms with Crippen LogP contribution in [0.5, 0.6) is 0 Å². The van der Waals surface area contributed by atoms with Crippen LogP contribution in [0.25, 0.3) is 5.70 Å². The highest BCUT2D eigenvalue weighted by molar-refractivity contribution is 9.10. The summed E-state index contributed by atoms with van der Waals surface area (Å²) in [6, 6.07) is 6.23. The number of rotatable bonds is 3. The zero-order chi connectivity index (χ0) is 13.0. The largest absolute Gasteiger partial charge is 0.403 e. The molecule has 0 spiro atoms. The molecule has 5 heteroatoms. The molecule has 0 bridgehead atoms. The molecule has 1 aromatic carbocycles. The fourth-order valence-electron chi connectivity index (χ4n) is 2.34. The average Bonchev–Trinajstić information content (AvgIpc) is 2.41. The van der Waals surface area contributed by atoms with E-state index in [0.717, 1.165) is 41.8 Å². The zero-order valence-corrected chi connectivity index (χ0v) is 11.7. The van der Waals surface area contributed by atoms with E-state index in [1.54, 1.807) is 0 Å². The molecule has 98 valence electrons. The number of ether oxygens (including phenoxy) is 1. The third kappa shape index (κ3) is 2.85. The SMILES string of the molecule is N/C=C(\NN)c1cc(Br)ccc1C1CCOCC1. The molecule has 1 heterocycles. The van der Waals surface area contributed by atoms with Gasteiger partial charge in [0.05, 0.1) is 5.70 Å². The lowest BCUT2D eigenvalue weighted by atomic mass is 9.87. The van der Waals surface area contributed by atoms with E-state index >= 15 is 0 Å². The van der Waals surface area contributed by atoms with Gasteiger partial charge in [-0.15, -0.1) is 0 Å². The Morgan fingerprint density at radius 3 is 2.72 bits per heavy atom. The standard InChI is InChI=1S/C13H18BrN3O/c14-10-1-2-11(9-3-5-18-6-4-9)12(7-10)13(8-15)17-16/h1-2,7-9,17H,3-6,15-16H2/b13-8-. The van der Waals surface area contributed by atoms with Crippen LogP contribution in [0.3, 0.4) is 0 Å². The molecule has 5 N–H and O–H groups in total. The van der Waals surface area contributed by atoms with Crippen LogP contribution in [0, 0.1) is 0 Å². The smallest absolute Gasteiger partial charge is 0.0716 e. The lowest BCUT2D eigenvalue weighted by Gasteiger charge is -2.25. The third-order valence-corrected chi connectivity index (χ3v) is 3.78. The van der Waals surface area contributed by atoms with E-state index in [1.165, 1.54) is 11.8 Å². The summed E-state index contributed by atoms with van der Waals surface area (Å²) in [4.78, 5) is 0. The maximum atomic E-state index is 5.62. The third-order valence-electron chi connectivity index (χ3n) is 3.29. The maximum absolute atomic E-state index is 5.62. The highest BCUT2D eigenvalue weighted by Crippen LogP contribution is 2.33. The van der Waals surface area contributed by atoms with Gasteiger partial charge in [0.25, 0.3) is 0 Å². The molecule has 0 amide bonds. The first kappa shape index (κ1) is 13.4. The molecule has 0 saturated carbocycles. The average molecular weight is 312 g/mol. The van der Waals surface area contributed by atoms with E-state index in [9.17, 15) is 0 Å². The molecule has 0 aliphatic carbocycles. The van der Waals surface area contributed by atoms with E-state index in [4.69, 9.17) is 16.3 Å². The predicted octanol–water partition coefficient (Wildman–Crippen LogP) is 2.06. The van der Waals surface area contributed by atoms with E-state index in [1.807, 2.05) is 6.07 Å². The Kier molecular flexibility index (Phi) is 4.63. The van der Waals surface area contributed by atoms with Crippen molar-refractivity contribution in [3.05, 3.63) is 40.0 Å². The molecular formula is C13H18BrN3O. The van der Waals surface area contributed by atoms with Crippen molar-refractivity contribution in [2.24, 2.45) is 11.6 Å². The second-order valence-electron chi connectivity index (χ2n) is 4.34. The zero-order valence-electron chi connectivity index (χ0n) is 10.2. The van der Waals surface area contributed by atoms with E-state index in [-0.39, 0.29) is 0 Å². The molecule has 0 aromatic heterocycles. The van der Waals surface area contributed by atoms with Crippen LogP contribution in [-0.4, -0.2) is 13.2 Å². The van der Waals surface area contributed by atoms with Gasteiger partial charge < -0.3 is 15.9 Å². The molecule has 2 rings (SSSR count). The summed E-state index contributed by atoms with van der Waals surface area (Å²) in [5.41, 5.74) is 11.4. The lowest BCUT2D eigenvalue weighted by Crippen LogP contribution is -2.23. The van der Waals surface area contributed by atoms with Crippen molar-refractivity contribution in [2.75, 3.05) is 13.2 Å². The Bertz CT molecular complexity index is 442. The summed E-state index contributed by atoms with van der Waals surface area (Å²) >= 11 is 3.49. The van der Waals surface area contributed by atoms with Gasteiger partial charge in [0, 0.05) is 29.4 Å². The van der Waals surface area contributed by atoms with Gasteiger partial charge in [-0.25, -0.2) is 0 Å². The first-order valence-corrected chi connectivity index (χ1v) is 6.81. The van der Waals surface area contributed by atoms with Crippen molar-refractivity contribution in [2.45, 2.75) is 18.8 Å². The van der Waals surface area contributed by atoms with Crippen LogP contribution in [0.1, 0.15) is 29.9 Å². The number of nitrogens with two attached hydrogens (primary N) is 2. The topological polar surface area (TPSA) is 73.3 Å². The van der Waals surface area contributed by atoms with E-state index < -0.39 is 0 Å². The van der Waals surface area contributed by atoms with Crippen LogP contribution in [0.15, 0.2) is 28.9 Å². The van der Waals surface area contributed by atoms with Crippen molar-refractivity contribution in [3.8, 4) is 0 Å². The normalized spacial score (nSPS) is 17.8. The highest BCUT2D eigenvalue weighted by atomic mass is 79.9.